The van der Waals surface area contributed by atoms with Gasteiger partial charge < -0.3 is 20.8 Å². The molecular weight excluding hydrogens is 214 g/mol. The standard InChI is InChI=1S/C13H17N3O/c1-17-13-4-2-3-11(6-13)15-8-10-5-12(7-14)16-9-10/h2-6,9,15-16H,7-8,14H2,1H3. The molecule has 0 aliphatic carbocycles. The Balaban J connectivity index is 1.96. The summed E-state index contributed by atoms with van der Waals surface area (Å²) in [6.07, 6.45) is 1.97. The first-order chi connectivity index (χ1) is 8.31. The Bertz CT molecular complexity index is 479. The van der Waals surface area contributed by atoms with E-state index >= 15 is 0 Å². The Hall–Kier alpha value is -1.94. The van der Waals surface area contributed by atoms with Crippen molar-refractivity contribution in [2.45, 2.75) is 13.1 Å². The summed E-state index contributed by atoms with van der Waals surface area (Å²) in [5, 5.41) is 3.33. The first kappa shape index (κ1) is 11.5. The number of nitrogens with one attached hydrogen (secondary N) is 2. The zero-order valence-corrected chi connectivity index (χ0v) is 9.86. The van der Waals surface area contributed by atoms with Crippen LogP contribution in [-0.2, 0) is 13.1 Å². The second kappa shape index (κ2) is 5.41. The van der Waals surface area contributed by atoms with Crippen molar-refractivity contribution in [1.82, 2.24) is 4.98 Å². The molecule has 0 aliphatic rings. The van der Waals surface area contributed by atoms with Crippen LogP contribution in [0.2, 0.25) is 0 Å². The minimum Gasteiger partial charge on any atom is -0.497 e. The molecule has 1 heterocycles. The largest absolute Gasteiger partial charge is 0.497 e. The Kier molecular flexibility index (Phi) is 3.67. The molecule has 0 spiro atoms. The number of nitrogens with two attached hydrogens (primary N) is 1. The Morgan fingerprint density at radius 3 is 2.94 bits per heavy atom. The predicted molar refractivity (Wildman–Crippen MR) is 69.0 cm³/mol. The Labute approximate surface area is 101 Å². The van der Waals surface area contributed by atoms with Crippen LogP contribution in [0.1, 0.15) is 11.3 Å². The van der Waals surface area contributed by atoms with E-state index in [1.165, 1.54) is 5.56 Å². The Morgan fingerprint density at radius 1 is 1.35 bits per heavy atom. The van der Waals surface area contributed by atoms with Crippen LogP contribution < -0.4 is 15.8 Å². The van der Waals surface area contributed by atoms with E-state index in [0.29, 0.717) is 6.54 Å². The highest BCUT2D eigenvalue weighted by atomic mass is 16.5. The van der Waals surface area contributed by atoms with E-state index in [1.807, 2.05) is 30.5 Å². The number of rotatable bonds is 5. The molecule has 1 aromatic heterocycles. The highest BCUT2D eigenvalue weighted by Crippen LogP contribution is 2.17. The number of aromatic nitrogens is 1. The monoisotopic (exact) mass is 231 g/mol. The van der Waals surface area contributed by atoms with Crippen molar-refractivity contribution < 1.29 is 4.74 Å². The van der Waals surface area contributed by atoms with E-state index in [-0.39, 0.29) is 0 Å². The van der Waals surface area contributed by atoms with Crippen LogP contribution >= 0.6 is 0 Å². The molecule has 0 aliphatic heterocycles. The molecule has 1 aromatic carbocycles. The van der Waals surface area contributed by atoms with Crippen molar-refractivity contribution in [3.05, 3.63) is 47.8 Å². The van der Waals surface area contributed by atoms with Crippen molar-refractivity contribution in [3.63, 3.8) is 0 Å². The van der Waals surface area contributed by atoms with E-state index in [0.717, 1.165) is 23.7 Å². The normalized spacial score (nSPS) is 10.2. The van der Waals surface area contributed by atoms with Crippen LogP contribution in [0.4, 0.5) is 5.69 Å². The third kappa shape index (κ3) is 3.01. The van der Waals surface area contributed by atoms with Gasteiger partial charge in [0.2, 0.25) is 0 Å². The summed E-state index contributed by atoms with van der Waals surface area (Å²) < 4.78 is 5.17. The minimum absolute atomic E-state index is 0.541. The van der Waals surface area contributed by atoms with E-state index in [1.54, 1.807) is 7.11 Å². The van der Waals surface area contributed by atoms with Gasteiger partial charge in [-0.3, -0.25) is 0 Å². The molecule has 0 unspecified atom stereocenters. The second-order valence-corrected chi connectivity index (χ2v) is 3.82. The van der Waals surface area contributed by atoms with Crippen LogP contribution in [0, 0.1) is 0 Å². The molecular formula is C13H17N3O. The lowest BCUT2D eigenvalue weighted by molar-refractivity contribution is 0.415. The van der Waals surface area contributed by atoms with Gasteiger partial charge in [0.1, 0.15) is 5.75 Å². The fourth-order valence-electron chi connectivity index (χ4n) is 1.65. The molecule has 0 bridgehead atoms. The predicted octanol–water partition coefficient (Wildman–Crippen LogP) is 2.09. The van der Waals surface area contributed by atoms with E-state index < -0.39 is 0 Å². The van der Waals surface area contributed by atoms with Gasteiger partial charge in [-0.1, -0.05) is 6.07 Å². The number of hydrogen-bond donors (Lipinski definition) is 3. The highest BCUT2D eigenvalue weighted by Gasteiger charge is 1.99. The first-order valence-electron chi connectivity index (χ1n) is 5.56. The lowest BCUT2D eigenvalue weighted by atomic mass is 10.2. The van der Waals surface area contributed by atoms with Crippen LogP contribution in [0.5, 0.6) is 5.75 Å². The molecule has 4 N–H and O–H groups in total. The molecule has 0 saturated carbocycles. The zero-order chi connectivity index (χ0) is 12.1. The lowest BCUT2D eigenvalue weighted by Crippen LogP contribution is -1.98. The fourth-order valence-corrected chi connectivity index (χ4v) is 1.65. The smallest absolute Gasteiger partial charge is 0.120 e. The average Bonchev–Trinajstić information content (AvgIpc) is 2.84. The molecule has 2 aromatic rings. The molecule has 0 amide bonds. The molecule has 90 valence electrons. The van der Waals surface area contributed by atoms with Gasteiger partial charge in [0.15, 0.2) is 0 Å². The Morgan fingerprint density at radius 2 is 2.24 bits per heavy atom. The maximum absolute atomic E-state index is 5.54. The summed E-state index contributed by atoms with van der Waals surface area (Å²) >= 11 is 0. The highest BCUT2D eigenvalue weighted by molar-refractivity contribution is 5.48. The summed E-state index contributed by atoms with van der Waals surface area (Å²) in [7, 11) is 1.67. The van der Waals surface area contributed by atoms with Crippen molar-refractivity contribution >= 4 is 5.69 Å². The number of hydrogen-bond acceptors (Lipinski definition) is 3. The third-order valence-electron chi connectivity index (χ3n) is 2.59. The number of methoxy groups -OCH3 is 1. The molecule has 17 heavy (non-hydrogen) atoms. The van der Waals surface area contributed by atoms with Gasteiger partial charge in [-0.25, -0.2) is 0 Å². The van der Waals surface area contributed by atoms with Crippen molar-refractivity contribution in [1.29, 1.82) is 0 Å². The number of aromatic amines is 1. The second-order valence-electron chi connectivity index (χ2n) is 3.82. The van der Waals surface area contributed by atoms with Crippen LogP contribution in [0.15, 0.2) is 36.5 Å². The van der Waals surface area contributed by atoms with Gasteiger partial charge in [-0.2, -0.15) is 0 Å². The summed E-state index contributed by atoms with van der Waals surface area (Å²) in [6.45, 7) is 1.31. The first-order valence-corrected chi connectivity index (χ1v) is 5.56. The summed E-state index contributed by atoms with van der Waals surface area (Å²) in [6, 6.07) is 9.93. The molecule has 0 atom stereocenters. The van der Waals surface area contributed by atoms with Gasteiger partial charge >= 0.3 is 0 Å². The van der Waals surface area contributed by atoms with Gasteiger partial charge in [-0.15, -0.1) is 0 Å². The van der Waals surface area contributed by atoms with E-state index in [4.69, 9.17) is 10.5 Å². The van der Waals surface area contributed by atoms with E-state index in [9.17, 15) is 0 Å². The fraction of sp³-hybridized carbons (Fsp3) is 0.231. The quantitative estimate of drug-likeness (QED) is 0.738. The van der Waals surface area contributed by atoms with Gasteiger partial charge in [-0.05, 0) is 23.8 Å². The maximum atomic E-state index is 5.54. The molecule has 0 saturated heterocycles. The maximum Gasteiger partial charge on any atom is 0.120 e. The number of anilines is 1. The number of ether oxygens (including phenoxy) is 1. The number of H-pyrrole nitrogens is 1. The third-order valence-corrected chi connectivity index (χ3v) is 2.59. The van der Waals surface area contributed by atoms with Crippen molar-refractivity contribution in [2.24, 2.45) is 5.73 Å². The molecule has 4 heteroatoms. The molecule has 4 nitrogen and oxygen atoms in total. The van der Waals surface area contributed by atoms with Crippen molar-refractivity contribution in [3.8, 4) is 5.75 Å². The van der Waals surface area contributed by atoms with E-state index in [2.05, 4.69) is 16.4 Å². The lowest BCUT2D eigenvalue weighted by Gasteiger charge is -2.06. The summed E-state index contributed by atoms with van der Waals surface area (Å²) in [5.41, 5.74) is 8.82. The number of benzene rings is 1. The van der Waals surface area contributed by atoms with Crippen molar-refractivity contribution in [2.75, 3.05) is 12.4 Å². The average molecular weight is 231 g/mol. The summed E-state index contributed by atoms with van der Waals surface area (Å²) in [4.78, 5) is 3.12. The topological polar surface area (TPSA) is 63.1 Å². The molecule has 0 fully saturated rings. The van der Waals surface area contributed by atoms with Gasteiger partial charge in [0, 0.05) is 36.7 Å². The summed E-state index contributed by atoms with van der Waals surface area (Å²) in [5.74, 6) is 0.853. The van der Waals surface area contributed by atoms with Gasteiger partial charge in [0.05, 0.1) is 7.11 Å². The van der Waals surface area contributed by atoms with Crippen LogP contribution in [-0.4, -0.2) is 12.1 Å². The SMILES string of the molecule is COc1cccc(NCc2c[nH]c(CN)c2)c1. The zero-order valence-electron chi connectivity index (χ0n) is 9.86. The van der Waals surface area contributed by atoms with Crippen LogP contribution in [0.3, 0.4) is 0 Å². The minimum atomic E-state index is 0.541. The molecule has 2 rings (SSSR count). The van der Waals surface area contributed by atoms with Gasteiger partial charge in [0.25, 0.3) is 0 Å². The van der Waals surface area contributed by atoms with Crippen LogP contribution in [0.25, 0.3) is 0 Å². The molecule has 0 radical (unpaired) electrons.